The number of hydrogen-bond donors (Lipinski definition) is 3. The molecule has 0 unspecified atom stereocenters. The molecule has 1 aromatic carbocycles. The van der Waals surface area contributed by atoms with Gasteiger partial charge in [-0.15, -0.1) is 0 Å². The van der Waals surface area contributed by atoms with Gasteiger partial charge in [-0.25, -0.2) is 0 Å². The second-order valence-electron chi connectivity index (χ2n) is 4.24. The minimum Gasteiger partial charge on any atom is -0.457 e. The third-order valence-electron chi connectivity index (χ3n) is 2.59. The van der Waals surface area contributed by atoms with Crippen LogP contribution < -0.4 is 5.32 Å². The highest BCUT2D eigenvalue weighted by atomic mass is 16.6. The van der Waals surface area contributed by atoms with Gasteiger partial charge in [0, 0.05) is 13.0 Å². The molecule has 0 saturated heterocycles. The van der Waals surface area contributed by atoms with Crippen molar-refractivity contribution in [3.8, 4) is 0 Å². The molecular weight excluding hydrogens is 262 g/mol. The lowest BCUT2D eigenvalue weighted by Gasteiger charge is -2.12. The summed E-state index contributed by atoms with van der Waals surface area (Å²) >= 11 is 0. The Hall–Kier alpha value is -1.92. The Morgan fingerprint density at radius 3 is 2.35 bits per heavy atom. The molecule has 0 radical (unpaired) electrons. The summed E-state index contributed by atoms with van der Waals surface area (Å²) in [5.74, 6) is -0.872. The highest BCUT2D eigenvalue weighted by Gasteiger charge is 2.13. The highest BCUT2D eigenvalue weighted by molar-refractivity contribution is 5.81. The normalized spacial score (nSPS) is 10.3. The molecule has 6 heteroatoms. The third kappa shape index (κ3) is 6.31. The van der Waals surface area contributed by atoms with Gasteiger partial charge in [-0.2, -0.15) is 0 Å². The largest absolute Gasteiger partial charge is 0.457 e. The second-order valence-corrected chi connectivity index (χ2v) is 4.24. The molecule has 0 aromatic heterocycles. The van der Waals surface area contributed by atoms with Gasteiger partial charge in [-0.1, -0.05) is 30.3 Å². The van der Waals surface area contributed by atoms with Crippen molar-refractivity contribution in [3.05, 3.63) is 35.9 Å². The molecule has 0 aliphatic rings. The van der Waals surface area contributed by atoms with Crippen LogP contribution in [0.4, 0.5) is 0 Å². The van der Waals surface area contributed by atoms with E-state index >= 15 is 0 Å². The molecule has 0 atom stereocenters. The molecule has 0 bridgehead atoms. The lowest BCUT2D eigenvalue weighted by Crippen LogP contribution is -2.27. The summed E-state index contributed by atoms with van der Waals surface area (Å²) in [7, 11) is 0. The molecular formula is C14H19NO5. The molecule has 20 heavy (non-hydrogen) atoms. The smallest absolute Gasteiger partial charge is 0.306 e. The van der Waals surface area contributed by atoms with Crippen LogP contribution in [0.3, 0.4) is 0 Å². The summed E-state index contributed by atoms with van der Waals surface area (Å²) in [5, 5.41) is 20.2. The molecule has 6 nitrogen and oxygen atoms in total. The number of nitrogens with one attached hydrogen (secondary N) is 1. The van der Waals surface area contributed by atoms with Gasteiger partial charge >= 0.3 is 5.97 Å². The Labute approximate surface area is 117 Å². The quantitative estimate of drug-likeness (QED) is 0.582. The first kappa shape index (κ1) is 16.1. The molecule has 0 aliphatic heterocycles. The first-order valence-corrected chi connectivity index (χ1v) is 6.37. The van der Waals surface area contributed by atoms with Crippen LogP contribution in [0.15, 0.2) is 30.3 Å². The van der Waals surface area contributed by atoms with Gasteiger partial charge in [0.1, 0.15) is 6.10 Å². The van der Waals surface area contributed by atoms with Crippen molar-refractivity contribution >= 4 is 11.9 Å². The molecule has 0 heterocycles. The second kappa shape index (κ2) is 9.06. The number of benzene rings is 1. The van der Waals surface area contributed by atoms with E-state index in [9.17, 15) is 9.59 Å². The van der Waals surface area contributed by atoms with E-state index in [1.165, 1.54) is 0 Å². The Balaban J connectivity index is 2.21. The summed E-state index contributed by atoms with van der Waals surface area (Å²) in [5.41, 5.74) is 0.976. The first-order valence-electron chi connectivity index (χ1n) is 6.37. The SMILES string of the molecule is O=C(CCC(=O)OC(CO)CO)NCc1ccccc1. The van der Waals surface area contributed by atoms with Gasteiger partial charge in [0.25, 0.3) is 0 Å². The fourth-order valence-electron chi connectivity index (χ4n) is 1.48. The molecule has 1 rings (SSSR count). The zero-order chi connectivity index (χ0) is 14.8. The summed E-state index contributed by atoms with van der Waals surface area (Å²) in [6, 6.07) is 9.43. The molecule has 0 saturated carbocycles. The molecule has 0 aliphatic carbocycles. The number of aliphatic hydroxyl groups is 2. The van der Waals surface area contributed by atoms with Crippen molar-refractivity contribution < 1.29 is 24.5 Å². The number of ether oxygens (including phenoxy) is 1. The Morgan fingerprint density at radius 2 is 1.75 bits per heavy atom. The predicted molar refractivity (Wildman–Crippen MR) is 71.6 cm³/mol. The van der Waals surface area contributed by atoms with Gasteiger partial charge < -0.3 is 20.3 Å². The standard InChI is InChI=1S/C14H19NO5/c16-9-12(10-17)20-14(19)7-6-13(18)15-8-11-4-2-1-3-5-11/h1-5,12,16-17H,6-10H2,(H,15,18). The van der Waals surface area contributed by atoms with Crippen LogP contribution in [0.25, 0.3) is 0 Å². The van der Waals surface area contributed by atoms with Crippen LogP contribution in [-0.2, 0) is 20.9 Å². The van der Waals surface area contributed by atoms with Gasteiger partial charge in [0.05, 0.1) is 19.6 Å². The van der Waals surface area contributed by atoms with E-state index in [-0.39, 0.29) is 18.7 Å². The zero-order valence-corrected chi connectivity index (χ0v) is 11.1. The molecule has 0 fully saturated rings. The van der Waals surface area contributed by atoms with Crippen molar-refractivity contribution in [2.75, 3.05) is 13.2 Å². The van der Waals surface area contributed by atoms with E-state index < -0.39 is 25.3 Å². The molecule has 1 aromatic rings. The lowest BCUT2D eigenvalue weighted by molar-refractivity contribution is -0.154. The van der Waals surface area contributed by atoms with E-state index in [4.69, 9.17) is 14.9 Å². The summed E-state index contributed by atoms with van der Waals surface area (Å²) in [4.78, 5) is 22.9. The van der Waals surface area contributed by atoms with Crippen LogP contribution in [0.5, 0.6) is 0 Å². The monoisotopic (exact) mass is 281 g/mol. The van der Waals surface area contributed by atoms with E-state index in [2.05, 4.69) is 5.32 Å². The van der Waals surface area contributed by atoms with Gasteiger partial charge in [-0.05, 0) is 5.56 Å². The molecule has 110 valence electrons. The Kier molecular flexibility index (Phi) is 7.31. The van der Waals surface area contributed by atoms with Crippen LogP contribution >= 0.6 is 0 Å². The number of amides is 1. The predicted octanol–water partition coefficient (Wildman–Crippen LogP) is -0.0206. The number of carbonyl (C=O) groups is 2. The van der Waals surface area contributed by atoms with Crippen LogP contribution in [0.1, 0.15) is 18.4 Å². The van der Waals surface area contributed by atoms with Crippen molar-refractivity contribution in [2.45, 2.75) is 25.5 Å². The maximum absolute atomic E-state index is 11.5. The Morgan fingerprint density at radius 1 is 1.10 bits per heavy atom. The number of hydrogen-bond acceptors (Lipinski definition) is 5. The summed E-state index contributed by atoms with van der Waals surface area (Å²) in [6.45, 7) is -0.477. The average Bonchev–Trinajstić information content (AvgIpc) is 2.49. The van der Waals surface area contributed by atoms with Crippen LogP contribution in [-0.4, -0.2) is 41.4 Å². The van der Waals surface area contributed by atoms with Crippen molar-refractivity contribution in [2.24, 2.45) is 0 Å². The summed E-state index contributed by atoms with van der Waals surface area (Å²) in [6.07, 6.45) is -0.998. The minimum absolute atomic E-state index is 0.00917. The molecule has 0 spiro atoms. The van der Waals surface area contributed by atoms with Gasteiger partial charge in [0.2, 0.25) is 5.91 Å². The fraction of sp³-hybridized carbons (Fsp3) is 0.429. The fourth-order valence-corrected chi connectivity index (χ4v) is 1.48. The highest BCUT2D eigenvalue weighted by Crippen LogP contribution is 2.00. The van der Waals surface area contributed by atoms with E-state index in [1.54, 1.807) is 0 Å². The zero-order valence-electron chi connectivity index (χ0n) is 11.1. The van der Waals surface area contributed by atoms with Crippen molar-refractivity contribution in [3.63, 3.8) is 0 Å². The van der Waals surface area contributed by atoms with Crippen molar-refractivity contribution in [1.29, 1.82) is 0 Å². The van der Waals surface area contributed by atoms with Gasteiger partial charge in [0.15, 0.2) is 0 Å². The average molecular weight is 281 g/mol. The minimum atomic E-state index is -0.921. The lowest BCUT2D eigenvalue weighted by atomic mass is 10.2. The third-order valence-corrected chi connectivity index (χ3v) is 2.59. The maximum Gasteiger partial charge on any atom is 0.306 e. The number of aliphatic hydroxyl groups excluding tert-OH is 2. The van der Waals surface area contributed by atoms with Crippen LogP contribution in [0, 0.1) is 0 Å². The van der Waals surface area contributed by atoms with E-state index in [0.29, 0.717) is 6.54 Å². The maximum atomic E-state index is 11.5. The summed E-state index contributed by atoms with van der Waals surface area (Å²) < 4.78 is 4.74. The number of esters is 1. The van der Waals surface area contributed by atoms with Gasteiger partial charge in [-0.3, -0.25) is 9.59 Å². The van der Waals surface area contributed by atoms with E-state index in [0.717, 1.165) is 5.56 Å². The first-order chi connectivity index (χ1) is 9.65. The van der Waals surface area contributed by atoms with Crippen molar-refractivity contribution in [1.82, 2.24) is 5.32 Å². The Bertz CT molecular complexity index is 417. The topological polar surface area (TPSA) is 95.9 Å². The van der Waals surface area contributed by atoms with Crippen LogP contribution in [0.2, 0.25) is 0 Å². The molecule has 3 N–H and O–H groups in total. The molecule has 1 amide bonds. The van der Waals surface area contributed by atoms with E-state index in [1.807, 2.05) is 30.3 Å². The number of rotatable bonds is 8. The number of carbonyl (C=O) groups excluding carboxylic acids is 2.